The Morgan fingerprint density at radius 1 is 1.19 bits per heavy atom. The van der Waals surface area contributed by atoms with E-state index in [0.29, 0.717) is 0 Å². The summed E-state index contributed by atoms with van der Waals surface area (Å²) in [6.07, 6.45) is 3.62. The summed E-state index contributed by atoms with van der Waals surface area (Å²) in [7, 11) is 0. The van der Waals surface area contributed by atoms with Crippen LogP contribution in [0.1, 0.15) is 25.1 Å². The standard InChI is InChI=1S/C13H17N3/c1-10-4-6-11(7-5-10)16-9-15-8-12(16)13(2,3)14/h4-9H,14H2,1-3H3. The molecule has 2 aromatic rings. The summed E-state index contributed by atoms with van der Waals surface area (Å²) in [5, 5.41) is 0. The van der Waals surface area contributed by atoms with Gasteiger partial charge in [-0.05, 0) is 32.9 Å². The zero-order chi connectivity index (χ0) is 11.8. The van der Waals surface area contributed by atoms with E-state index in [-0.39, 0.29) is 5.54 Å². The molecular formula is C13H17N3. The molecule has 0 aliphatic heterocycles. The SMILES string of the molecule is Cc1ccc(-n2cncc2C(C)(C)N)cc1. The Kier molecular flexibility index (Phi) is 2.56. The monoisotopic (exact) mass is 215 g/mol. The lowest BCUT2D eigenvalue weighted by molar-refractivity contribution is 0.524. The van der Waals surface area contributed by atoms with Gasteiger partial charge in [0.2, 0.25) is 0 Å². The van der Waals surface area contributed by atoms with E-state index in [9.17, 15) is 0 Å². The summed E-state index contributed by atoms with van der Waals surface area (Å²) in [6.45, 7) is 6.04. The smallest absolute Gasteiger partial charge is 0.0994 e. The lowest BCUT2D eigenvalue weighted by Crippen LogP contribution is -2.31. The number of hydrogen-bond acceptors (Lipinski definition) is 2. The molecule has 0 amide bonds. The summed E-state index contributed by atoms with van der Waals surface area (Å²) in [5.74, 6) is 0. The topological polar surface area (TPSA) is 43.8 Å². The van der Waals surface area contributed by atoms with E-state index in [1.165, 1.54) is 5.56 Å². The molecule has 0 unspecified atom stereocenters. The third-order valence-electron chi connectivity index (χ3n) is 2.61. The molecule has 3 heteroatoms. The van der Waals surface area contributed by atoms with E-state index in [2.05, 4.69) is 36.2 Å². The Labute approximate surface area is 95.9 Å². The van der Waals surface area contributed by atoms with Gasteiger partial charge >= 0.3 is 0 Å². The highest BCUT2D eigenvalue weighted by Gasteiger charge is 2.19. The van der Waals surface area contributed by atoms with Crippen molar-refractivity contribution in [1.29, 1.82) is 0 Å². The van der Waals surface area contributed by atoms with Gasteiger partial charge in [-0.3, -0.25) is 0 Å². The molecule has 1 heterocycles. The average molecular weight is 215 g/mol. The van der Waals surface area contributed by atoms with Gasteiger partial charge in [0, 0.05) is 5.69 Å². The average Bonchev–Trinajstić information content (AvgIpc) is 2.66. The zero-order valence-electron chi connectivity index (χ0n) is 9.94. The first-order valence-electron chi connectivity index (χ1n) is 5.37. The molecule has 1 aromatic carbocycles. The lowest BCUT2D eigenvalue weighted by Gasteiger charge is -2.20. The van der Waals surface area contributed by atoms with Gasteiger partial charge in [-0.25, -0.2) is 4.98 Å². The molecule has 0 atom stereocenters. The number of aryl methyl sites for hydroxylation is 1. The summed E-state index contributed by atoms with van der Waals surface area (Å²) in [4.78, 5) is 4.17. The number of nitrogens with zero attached hydrogens (tertiary/aromatic N) is 2. The van der Waals surface area contributed by atoms with Gasteiger partial charge in [0.25, 0.3) is 0 Å². The van der Waals surface area contributed by atoms with Crippen molar-refractivity contribution in [3.63, 3.8) is 0 Å². The van der Waals surface area contributed by atoms with Gasteiger partial charge in [-0.2, -0.15) is 0 Å². The molecule has 0 saturated heterocycles. The highest BCUT2D eigenvalue weighted by molar-refractivity contribution is 5.37. The maximum absolute atomic E-state index is 6.11. The van der Waals surface area contributed by atoms with Crippen molar-refractivity contribution < 1.29 is 0 Å². The summed E-state index contributed by atoms with van der Waals surface area (Å²) < 4.78 is 2.03. The lowest BCUT2D eigenvalue weighted by atomic mass is 10.0. The van der Waals surface area contributed by atoms with Gasteiger partial charge < -0.3 is 10.3 Å². The first-order valence-corrected chi connectivity index (χ1v) is 5.37. The molecule has 0 aliphatic rings. The summed E-state index contributed by atoms with van der Waals surface area (Å²) >= 11 is 0. The van der Waals surface area contributed by atoms with E-state index < -0.39 is 0 Å². The van der Waals surface area contributed by atoms with Crippen LogP contribution in [0.15, 0.2) is 36.8 Å². The predicted molar refractivity (Wildman–Crippen MR) is 65.5 cm³/mol. The quantitative estimate of drug-likeness (QED) is 0.835. The van der Waals surface area contributed by atoms with Crippen LogP contribution in [0, 0.1) is 6.92 Å². The second-order valence-corrected chi connectivity index (χ2v) is 4.71. The van der Waals surface area contributed by atoms with Crippen molar-refractivity contribution in [2.75, 3.05) is 0 Å². The minimum absolute atomic E-state index is 0.388. The van der Waals surface area contributed by atoms with Gasteiger partial charge in [-0.1, -0.05) is 17.7 Å². The molecule has 3 nitrogen and oxygen atoms in total. The van der Waals surface area contributed by atoms with Crippen molar-refractivity contribution in [2.45, 2.75) is 26.3 Å². The van der Waals surface area contributed by atoms with Crippen LogP contribution >= 0.6 is 0 Å². The molecule has 2 N–H and O–H groups in total. The predicted octanol–water partition coefficient (Wildman–Crippen LogP) is 2.37. The minimum atomic E-state index is -0.388. The van der Waals surface area contributed by atoms with Crippen LogP contribution in [0.5, 0.6) is 0 Å². The number of nitrogens with two attached hydrogens (primary N) is 1. The van der Waals surface area contributed by atoms with Crippen LogP contribution in [0.25, 0.3) is 5.69 Å². The fourth-order valence-electron chi connectivity index (χ4n) is 1.68. The second kappa shape index (κ2) is 3.76. The molecule has 0 spiro atoms. The third-order valence-corrected chi connectivity index (χ3v) is 2.61. The van der Waals surface area contributed by atoms with E-state index in [1.807, 2.05) is 24.6 Å². The van der Waals surface area contributed by atoms with Gasteiger partial charge in [0.15, 0.2) is 0 Å². The number of aromatic nitrogens is 2. The Morgan fingerprint density at radius 3 is 2.38 bits per heavy atom. The number of hydrogen-bond donors (Lipinski definition) is 1. The first kappa shape index (κ1) is 10.9. The highest BCUT2D eigenvalue weighted by Crippen LogP contribution is 2.20. The minimum Gasteiger partial charge on any atom is -0.321 e. The van der Waals surface area contributed by atoms with Crippen molar-refractivity contribution in [1.82, 2.24) is 9.55 Å². The van der Waals surface area contributed by atoms with Crippen molar-refractivity contribution in [3.05, 3.63) is 48.0 Å². The molecule has 84 valence electrons. The fraction of sp³-hybridized carbons (Fsp3) is 0.308. The molecule has 16 heavy (non-hydrogen) atoms. The van der Waals surface area contributed by atoms with Crippen molar-refractivity contribution in [2.24, 2.45) is 5.73 Å². The number of imidazole rings is 1. The van der Waals surface area contributed by atoms with E-state index in [0.717, 1.165) is 11.4 Å². The molecule has 0 saturated carbocycles. The molecule has 0 fully saturated rings. The number of benzene rings is 1. The summed E-state index contributed by atoms with van der Waals surface area (Å²) in [5.41, 5.74) is 9.07. The normalized spacial score (nSPS) is 11.8. The molecule has 2 rings (SSSR count). The van der Waals surface area contributed by atoms with Crippen molar-refractivity contribution in [3.8, 4) is 5.69 Å². The Hall–Kier alpha value is -1.61. The first-order chi connectivity index (χ1) is 7.48. The fourth-order valence-corrected chi connectivity index (χ4v) is 1.68. The van der Waals surface area contributed by atoms with Crippen LogP contribution in [-0.2, 0) is 5.54 Å². The molecule has 0 bridgehead atoms. The van der Waals surface area contributed by atoms with Crippen LogP contribution < -0.4 is 5.73 Å². The molecule has 0 radical (unpaired) electrons. The van der Waals surface area contributed by atoms with Gasteiger partial charge in [-0.15, -0.1) is 0 Å². The van der Waals surface area contributed by atoms with Crippen LogP contribution in [0.3, 0.4) is 0 Å². The largest absolute Gasteiger partial charge is 0.321 e. The molecular weight excluding hydrogens is 198 g/mol. The van der Waals surface area contributed by atoms with Crippen LogP contribution in [-0.4, -0.2) is 9.55 Å². The summed E-state index contributed by atoms with van der Waals surface area (Å²) in [6, 6.07) is 8.32. The van der Waals surface area contributed by atoms with E-state index >= 15 is 0 Å². The molecule has 1 aromatic heterocycles. The maximum Gasteiger partial charge on any atom is 0.0994 e. The third kappa shape index (κ3) is 1.99. The van der Waals surface area contributed by atoms with Crippen molar-refractivity contribution >= 4 is 0 Å². The zero-order valence-corrected chi connectivity index (χ0v) is 9.94. The Balaban J connectivity index is 2.49. The second-order valence-electron chi connectivity index (χ2n) is 4.71. The van der Waals surface area contributed by atoms with Gasteiger partial charge in [0.1, 0.15) is 0 Å². The van der Waals surface area contributed by atoms with E-state index in [4.69, 9.17) is 5.73 Å². The Bertz CT molecular complexity index is 475. The van der Waals surface area contributed by atoms with E-state index in [1.54, 1.807) is 6.33 Å². The Morgan fingerprint density at radius 2 is 1.81 bits per heavy atom. The van der Waals surface area contributed by atoms with Crippen LogP contribution in [0.4, 0.5) is 0 Å². The highest BCUT2D eigenvalue weighted by atomic mass is 15.1. The maximum atomic E-state index is 6.11. The number of rotatable bonds is 2. The van der Waals surface area contributed by atoms with Gasteiger partial charge in [0.05, 0.1) is 23.8 Å². The van der Waals surface area contributed by atoms with Crippen LogP contribution in [0.2, 0.25) is 0 Å². The molecule has 0 aliphatic carbocycles.